The second-order valence-electron chi connectivity index (χ2n) is 11.9. The van der Waals surface area contributed by atoms with Crippen molar-refractivity contribution in [2.75, 3.05) is 31.1 Å². The van der Waals surface area contributed by atoms with E-state index in [9.17, 15) is 4.79 Å². The molecule has 1 aromatic heterocycles. The average molecular weight is 656 g/mol. The van der Waals surface area contributed by atoms with E-state index in [1.807, 2.05) is 36.4 Å². The second-order valence-corrected chi connectivity index (χ2v) is 11.9. The lowest BCUT2D eigenvalue weighted by atomic mass is 9.96. The van der Waals surface area contributed by atoms with Crippen LogP contribution in [-0.2, 0) is 4.74 Å². The van der Waals surface area contributed by atoms with E-state index in [2.05, 4.69) is 107 Å². The number of carbonyl (C=O) groups excluding carboxylic acids is 1. The predicted octanol–water partition coefficient (Wildman–Crippen LogP) is 10.6. The molecule has 2 heterocycles. The summed E-state index contributed by atoms with van der Waals surface area (Å²) in [6.07, 6.45) is 0. The monoisotopic (exact) mass is 655 g/mol. The van der Waals surface area contributed by atoms with Gasteiger partial charge in [-0.3, -0.25) is 0 Å². The lowest BCUT2D eigenvalue weighted by Crippen LogP contribution is -2.24. The van der Waals surface area contributed by atoms with Crippen LogP contribution in [0.2, 0.25) is 0 Å². The van der Waals surface area contributed by atoms with Crippen LogP contribution >= 0.6 is 0 Å². The smallest absolute Gasteiger partial charge is 0.337 e. The number of carbonyl (C=O) groups is 1. The molecule has 0 N–H and O–H groups in total. The molecule has 244 valence electrons. The number of benzene rings is 6. The lowest BCUT2D eigenvalue weighted by molar-refractivity contribution is 0.0600. The quantitative estimate of drug-likeness (QED) is 0.158. The number of anilines is 6. The summed E-state index contributed by atoms with van der Waals surface area (Å²) in [4.78, 5) is 22.2. The van der Waals surface area contributed by atoms with Crippen molar-refractivity contribution in [3.8, 4) is 33.9 Å². The average Bonchev–Trinajstić information content (AvgIpc) is 3.19. The first-order valence-corrected chi connectivity index (χ1v) is 16.3. The zero-order valence-corrected chi connectivity index (χ0v) is 27.8. The van der Waals surface area contributed by atoms with Gasteiger partial charge in [0.05, 0.1) is 66.5 Å². The number of rotatable bonds is 7. The van der Waals surface area contributed by atoms with Crippen molar-refractivity contribution >= 4 is 51.0 Å². The molecule has 1 aliphatic heterocycles. The zero-order chi connectivity index (χ0) is 34.2. The molecule has 0 saturated heterocycles. The third kappa shape index (κ3) is 5.16. The SMILES string of the molecule is COC(=O)c1ccc(-c2cc(-c3ccc(OC)c(OC)c3)c3cccc(N4c5ccccc5N(c5ccccc5)c5ccccc54)c3n2)cc1. The maximum atomic E-state index is 12.3. The molecule has 7 aromatic rings. The van der Waals surface area contributed by atoms with Crippen LogP contribution < -0.4 is 19.3 Å². The first-order valence-electron chi connectivity index (χ1n) is 16.3. The van der Waals surface area contributed by atoms with Crippen LogP contribution in [0.5, 0.6) is 11.5 Å². The van der Waals surface area contributed by atoms with E-state index in [0.717, 1.165) is 67.4 Å². The number of hydrogen-bond acceptors (Lipinski definition) is 7. The van der Waals surface area contributed by atoms with Gasteiger partial charge in [-0.15, -0.1) is 0 Å². The fourth-order valence-corrected chi connectivity index (χ4v) is 6.76. The van der Waals surface area contributed by atoms with Gasteiger partial charge in [0.15, 0.2) is 11.5 Å². The van der Waals surface area contributed by atoms with Gasteiger partial charge in [0.2, 0.25) is 0 Å². The van der Waals surface area contributed by atoms with Gasteiger partial charge in [-0.2, -0.15) is 0 Å². The summed E-state index contributed by atoms with van der Waals surface area (Å²) in [5.41, 5.74) is 11.1. The van der Waals surface area contributed by atoms with Crippen LogP contribution in [-0.4, -0.2) is 32.3 Å². The Labute approximate surface area is 290 Å². The van der Waals surface area contributed by atoms with E-state index in [1.54, 1.807) is 26.4 Å². The third-order valence-electron chi connectivity index (χ3n) is 9.10. The summed E-state index contributed by atoms with van der Waals surface area (Å²) < 4.78 is 16.2. The molecular weight excluding hydrogens is 622 g/mol. The second kappa shape index (κ2) is 12.8. The molecule has 0 fully saturated rings. The Kier molecular flexibility index (Phi) is 7.85. The Morgan fingerprint density at radius 2 is 1.12 bits per heavy atom. The molecule has 8 rings (SSSR count). The van der Waals surface area contributed by atoms with Crippen LogP contribution in [0.15, 0.2) is 146 Å². The van der Waals surface area contributed by atoms with Crippen molar-refractivity contribution in [2.45, 2.75) is 0 Å². The van der Waals surface area contributed by atoms with Gasteiger partial charge in [-0.25, -0.2) is 9.78 Å². The number of nitrogens with zero attached hydrogens (tertiary/aromatic N) is 3. The molecule has 0 atom stereocenters. The highest BCUT2D eigenvalue weighted by molar-refractivity contribution is 6.09. The topological polar surface area (TPSA) is 64.1 Å². The fraction of sp³-hybridized carbons (Fsp3) is 0.0698. The van der Waals surface area contributed by atoms with Crippen LogP contribution in [0.1, 0.15) is 10.4 Å². The Hall–Kier alpha value is -6.60. The summed E-state index contributed by atoms with van der Waals surface area (Å²) in [7, 11) is 4.66. The molecule has 0 spiro atoms. The molecule has 0 aliphatic carbocycles. The normalized spacial score (nSPS) is 11.9. The van der Waals surface area contributed by atoms with Crippen molar-refractivity contribution in [3.63, 3.8) is 0 Å². The zero-order valence-electron chi connectivity index (χ0n) is 27.8. The number of pyridine rings is 1. The Morgan fingerprint density at radius 3 is 1.74 bits per heavy atom. The summed E-state index contributed by atoms with van der Waals surface area (Å²) in [6.45, 7) is 0. The maximum absolute atomic E-state index is 12.3. The lowest BCUT2D eigenvalue weighted by Gasteiger charge is -2.40. The van der Waals surface area contributed by atoms with E-state index < -0.39 is 0 Å². The van der Waals surface area contributed by atoms with Gasteiger partial charge in [0, 0.05) is 16.6 Å². The molecule has 7 nitrogen and oxygen atoms in total. The van der Waals surface area contributed by atoms with Crippen molar-refractivity contribution in [2.24, 2.45) is 0 Å². The Bertz CT molecular complexity index is 2330. The predicted molar refractivity (Wildman–Crippen MR) is 200 cm³/mol. The summed E-state index contributed by atoms with van der Waals surface area (Å²) in [6, 6.07) is 49.1. The highest BCUT2D eigenvalue weighted by atomic mass is 16.5. The van der Waals surface area contributed by atoms with Crippen molar-refractivity contribution in [1.29, 1.82) is 0 Å². The number of esters is 1. The number of aromatic nitrogens is 1. The van der Waals surface area contributed by atoms with Gasteiger partial charge in [-0.05, 0) is 83.9 Å². The van der Waals surface area contributed by atoms with Crippen molar-refractivity contribution < 1.29 is 19.0 Å². The number of ether oxygens (including phenoxy) is 3. The van der Waals surface area contributed by atoms with Gasteiger partial charge in [0.1, 0.15) is 0 Å². The molecule has 0 radical (unpaired) electrons. The van der Waals surface area contributed by atoms with Crippen LogP contribution in [0.3, 0.4) is 0 Å². The Morgan fingerprint density at radius 1 is 0.540 bits per heavy atom. The number of para-hydroxylation sites is 6. The first kappa shape index (κ1) is 30.7. The molecule has 6 aromatic carbocycles. The summed E-state index contributed by atoms with van der Waals surface area (Å²) in [5.74, 6) is 0.900. The van der Waals surface area contributed by atoms with Crippen molar-refractivity contribution in [3.05, 3.63) is 151 Å². The molecule has 0 saturated carbocycles. The minimum absolute atomic E-state index is 0.386. The number of fused-ring (bicyclic) bond motifs is 3. The van der Waals surface area contributed by atoms with Gasteiger partial charge >= 0.3 is 5.97 Å². The van der Waals surface area contributed by atoms with E-state index >= 15 is 0 Å². The fourth-order valence-electron chi connectivity index (χ4n) is 6.76. The highest BCUT2D eigenvalue weighted by Crippen LogP contribution is 2.55. The van der Waals surface area contributed by atoms with Crippen LogP contribution in [0.25, 0.3) is 33.3 Å². The third-order valence-corrected chi connectivity index (χ3v) is 9.10. The molecule has 50 heavy (non-hydrogen) atoms. The minimum atomic E-state index is -0.386. The van der Waals surface area contributed by atoms with Gasteiger partial charge in [-0.1, -0.05) is 72.8 Å². The molecule has 7 heteroatoms. The van der Waals surface area contributed by atoms with E-state index in [4.69, 9.17) is 19.2 Å². The summed E-state index contributed by atoms with van der Waals surface area (Å²) in [5, 5.41) is 0.977. The van der Waals surface area contributed by atoms with E-state index in [1.165, 1.54) is 7.11 Å². The number of methoxy groups -OCH3 is 3. The molecule has 0 amide bonds. The van der Waals surface area contributed by atoms with Gasteiger partial charge < -0.3 is 24.0 Å². The largest absolute Gasteiger partial charge is 0.493 e. The van der Waals surface area contributed by atoms with E-state index in [-0.39, 0.29) is 5.97 Å². The molecule has 0 bridgehead atoms. The van der Waals surface area contributed by atoms with Crippen molar-refractivity contribution in [1.82, 2.24) is 4.98 Å². The standard InChI is InChI=1S/C43H33N3O4/c1-48-40-25-24-30(26-41(40)49-2)33-27-34(28-20-22-29(23-21-28)43(47)50-3)44-42-32(33)14-11-19-39(42)46-37-17-9-7-15-35(37)45(31-12-5-4-6-13-31)36-16-8-10-18-38(36)46/h4-27H,1-3H3. The maximum Gasteiger partial charge on any atom is 0.337 e. The molecule has 1 aliphatic rings. The highest BCUT2D eigenvalue weighted by Gasteiger charge is 2.31. The number of hydrogen-bond donors (Lipinski definition) is 0. The molecular formula is C43H33N3O4. The minimum Gasteiger partial charge on any atom is -0.493 e. The van der Waals surface area contributed by atoms with Crippen LogP contribution in [0, 0.1) is 0 Å². The van der Waals surface area contributed by atoms with Crippen LogP contribution in [0.4, 0.5) is 34.1 Å². The Balaban J connectivity index is 1.40. The van der Waals surface area contributed by atoms with Gasteiger partial charge in [0.25, 0.3) is 0 Å². The van der Waals surface area contributed by atoms with E-state index in [0.29, 0.717) is 17.1 Å². The first-order chi connectivity index (χ1) is 24.6. The molecule has 0 unspecified atom stereocenters. The summed E-state index contributed by atoms with van der Waals surface area (Å²) >= 11 is 0.